The molecule has 0 saturated carbocycles. The standard InChI is InChI=1S/C25H42O2/c1-5-6-19-22-25(2,3)23-20-17-15-13-11-9-7-8-10-12-14-16-18-21-24(26)27-4/h7-8,11-14,17,20H,5-6,9-10,15-16,18-19,21-23H2,1-4H3/b8-7-,13-11-,14-12-,20-17-. The van der Waals surface area contributed by atoms with E-state index in [0.717, 1.165) is 32.1 Å². The maximum atomic E-state index is 11.0. The average molecular weight is 375 g/mol. The molecule has 0 aromatic carbocycles. The predicted molar refractivity (Wildman–Crippen MR) is 119 cm³/mol. The summed E-state index contributed by atoms with van der Waals surface area (Å²) in [5, 5.41) is 0. The molecule has 0 aliphatic carbocycles. The lowest BCUT2D eigenvalue weighted by atomic mass is 9.83. The fraction of sp³-hybridized carbons (Fsp3) is 0.640. The highest BCUT2D eigenvalue weighted by Crippen LogP contribution is 2.28. The highest BCUT2D eigenvalue weighted by atomic mass is 16.5. The van der Waals surface area contributed by atoms with Gasteiger partial charge in [-0.1, -0.05) is 88.6 Å². The van der Waals surface area contributed by atoms with E-state index in [-0.39, 0.29) is 5.97 Å². The molecule has 0 rings (SSSR count). The minimum Gasteiger partial charge on any atom is -0.469 e. The molecule has 0 aliphatic heterocycles. The van der Waals surface area contributed by atoms with Crippen LogP contribution in [-0.4, -0.2) is 13.1 Å². The summed E-state index contributed by atoms with van der Waals surface area (Å²) in [4.78, 5) is 11.0. The largest absolute Gasteiger partial charge is 0.469 e. The number of hydrogen-bond donors (Lipinski definition) is 0. The highest BCUT2D eigenvalue weighted by molar-refractivity contribution is 5.69. The topological polar surface area (TPSA) is 26.3 Å². The van der Waals surface area contributed by atoms with Crippen molar-refractivity contribution in [3.8, 4) is 0 Å². The number of carbonyl (C=O) groups excluding carboxylic acids is 1. The van der Waals surface area contributed by atoms with Gasteiger partial charge in [0.2, 0.25) is 0 Å². The van der Waals surface area contributed by atoms with Gasteiger partial charge in [0.25, 0.3) is 0 Å². The zero-order valence-electron chi connectivity index (χ0n) is 18.2. The van der Waals surface area contributed by atoms with E-state index in [0.29, 0.717) is 11.8 Å². The lowest BCUT2D eigenvalue weighted by Gasteiger charge is -2.22. The summed E-state index contributed by atoms with van der Waals surface area (Å²) in [5.74, 6) is -0.124. The van der Waals surface area contributed by atoms with Crippen molar-refractivity contribution < 1.29 is 9.53 Å². The maximum Gasteiger partial charge on any atom is 0.305 e. The first-order chi connectivity index (χ1) is 13.0. The molecule has 0 aliphatic rings. The normalized spacial score (nSPS) is 12.9. The van der Waals surface area contributed by atoms with Gasteiger partial charge in [0.1, 0.15) is 0 Å². The smallest absolute Gasteiger partial charge is 0.305 e. The summed E-state index contributed by atoms with van der Waals surface area (Å²) < 4.78 is 4.61. The quantitative estimate of drug-likeness (QED) is 0.157. The number of carbonyl (C=O) groups is 1. The molecule has 0 N–H and O–H groups in total. The number of ether oxygens (including phenoxy) is 1. The Balaban J connectivity index is 3.65. The van der Waals surface area contributed by atoms with Crippen LogP contribution < -0.4 is 0 Å². The highest BCUT2D eigenvalue weighted by Gasteiger charge is 2.14. The van der Waals surface area contributed by atoms with E-state index >= 15 is 0 Å². The van der Waals surface area contributed by atoms with Crippen molar-refractivity contribution in [2.75, 3.05) is 7.11 Å². The summed E-state index contributed by atoms with van der Waals surface area (Å²) in [6, 6.07) is 0. The van der Waals surface area contributed by atoms with Crippen LogP contribution in [0.2, 0.25) is 0 Å². The molecule has 0 heterocycles. The minimum absolute atomic E-state index is 0.124. The molecule has 0 radical (unpaired) electrons. The monoisotopic (exact) mass is 374 g/mol. The Labute approximate surface area is 168 Å². The third-order valence-electron chi connectivity index (χ3n) is 4.59. The van der Waals surface area contributed by atoms with Crippen LogP contribution in [0.1, 0.15) is 91.4 Å². The number of unbranched alkanes of at least 4 members (excludes halogenated alkanes) is 3. The molecule has 2 heteroatoms. The molecule has 2 nitrogen and oxygen atoms in total. The Hall–Kier alpha value is -1.57. The van der Waals surface area contributed by atoms with Crippen LogP contribution in [0.4, 0.5) is 0 Å². The Morgan fingerprint density at radius 2 is 1.37 bits per heavy atom. The van der Waals surface area contributed by atoms with E-state index in [1.165, 1.54) is 39.2 Å². The summed E-state index contributed by atoms with van der Waals surface area (Å²) in [6.45, 7) is 7.02. The van der Waals surface area contributed by atoms with Crippen LogP contribution in [0.3, 0.4) is 0 Å². The van der Waals surface area contributed by atoms with Gasteiger partial charge >= 0.3 is 5.97 Å². The van der Waals surface area contributed by atoms with Crippen LogP contribution in [0.15, 0.2) is 48.6 Å². The van der Waals surface area contributed by atoms with Gasteiger partial charge in [0.05, 0.1) is 7.11 Å². The third kappa shape index (κ3) is 19.0. The molecular weight excluding hydrogens is 332 g/mol. The number of esters is 1. The molecule has 0 spiro atoms. The second kappa shape index (κ2) is 17.8. The molecule has 0 unspecified atom stereocenters. The van der Waals surface area contributed by atoms with Gasteiger partial charge in [0, 0.05) is 6.42 Å². The molecule has 0 aromatic heterocycles. The maximum absolute atomic E-state index is 11.0. The van der Waals surface area contributed by atoms with Crippen LogP contribution in [0.25, 0.3) is 0 Å². The zero-order chi connectivity index (χ0) is 20.2. The first-order valence-electron chi connectivity index (χ1n) is 10.7. The van der Waals surface area contributed by atoms with Gasteiger partial charge in [-0.2, -0.15) is 0 Å². The average Bonchev–Trinajstić information content (AvgIpc) is 2.64. The van der Waals surface area contributed by atoms with Gasteiger partial charge in [-0.15, -0.1) is 0 Å². The van der Waals surface area contributed by atoms with Crippen LogP contribution in [0.5, 0.6) is 0 Å². The zero-order valence-corrected chi connectivity index (χ0v) is 18.2. The second-order valence-corrected chi connectivity index (χ2v) is 7.89. The minimum atomic E-state index is -0.124. The summed E-state index contributed by atoms with van der Waals surface area (Å²) in [6.07, 6.45) is 29.6. The van der Waals surface area contributed by atoms with E-state index in [2.05, 4.69) is 74.1 Å². The first-order valence-corrected chi connectivity index (χ1v) is 10.7. The van der Waals surface area contributed by atoms with Crippen LogP contribution in [0, 0.1) is 5.41 Å². The second-order valence-electron chi connectivity index (χ2n) is 7.89. The number of hydrogen-bond acceptors (Lipinski definition) is 2. The third-order valence-corrected chi connectivity index (χ3v) is 4.59. The SMILES string of the molecule is CCCCCC(C)(C)C/C=C\C/C=C\C/C=C\C/C=C\CCCC(=O)OC. The van der Waals surface area contributed by atoms with E-state index < -0.39 is 0 Å². The number of rotatable bonds is 16. The summed E-state index contributed by atoms with van der Waals surface area (Å²) >= 11 is 0. The van der Waals surface area contributed by atoms with Crippen LogP contribution in [-0.2, 0) is 9.53 Å². The molecule has 0 aromatic rings. The van der Waals surface area contributed by atoms with Crippen molar-refractivity contribution in [1.82, 2.24) is 0 Å². The van der Waals surface area contributed by atoms with Crippen molar-refractivity contribution in [2.45, 2.75) is 91.4 Å². The van der Waals surface area contributed by atoms with E-state index in [1.807, 2.05) is 0 Å². The summed E-state index contributed by atoms with van der Waals surface area (Å²) in [5.41, 5.74) is 0.435. The molecule has 154 valence electrons. The molecule has 27 heavy (non-hydrogen) atoms. The van der Waals surface area contributed by atoms with E-state index in [4.69, 9.17) is 0 Å². The molecule has 0 amide bonds. The van der Waals surface area contributed by atoms with Crippen LogP contribution >= 0.6 is 0 Å². The molecule has 0 fully saturated rings. The van der Waals surface area contributed by atoms with Gasteiger partial charge < -0.3 is 4.74 Å². The van der Waals surface area contributed by atoms with Gasteiger partial charge in [-0.25, -0.2) is 0 Å². The number of allylic oxidation sites excluding steroid dienone is 8. The molecule has 0 atom stereocenters. The van der Waals surface area contributed by atoms with E-state index in [9.17, 15) is 4.79 Å². The van der Waals surface area contributed by atoms with Gasteiger partial charge in [-0.3, -0.25) is 4.79 Å². The molecule has 0 bridgehead atoms. The lowest BCUT2D eigenvalue weighted by molar-refractivity contribution is -0.140. The molecular formula is C25H42O2. The van der Waals surface area contributed by atoms with E-state index in [1.54, 1.807) is 0 Å². The van der Waals surface area contributed by atoms with Crippen molar-refractivity contribution in [2.24, 2.45) is 5.41 Å². The predicted octanol–water partition coefficient (Wildman–Crippen LogP) is 7.72. The van der Waals surface area contributed by atoms with Crippen molar-refractivity contribution >= 4 is 5.97 Å². The van der Waals surface area contributed by atoms with Gasteiger partial charge in [0.15, 0.2) is 0 Å². The fourth-order valence-corrected chi connectivity index (χ4v) is 2.76. The Morgan fingerprint density at radius 1 is 0.815 bits per heavy atom. The summed E-state index contributed by atoms with van der Waals surface area (Å²) in [7, 11) is 1.43. The lowest BCUT2D eigenvalue weighted by Crippen LogP contribution is -2.09. The van der Waals surface area contributed by atoms with Crippen molar-refractivity contribution in [3.63, 3.8) is 0 Å². The Bertz CT molecular complexity index is 467. The van der Waals surface area contributed by atoms with Crippen molar-refractivity contribution in [1.29, 1.82) is 0 Å². The first kappa shape index (κ1) is 25.4. The number of methoxy groups -OCH3 is 1. The molecule has 0 saturated heterocycles. The fourth-order valence-electron chi connectivity index (χ4n) is 2.76. The Kier molecular flexibility index (Phi) is 16.8. The van der Waals surface area contributed by atoms with Crippen molar-refractivity contribution in [3.05, 3.63) is 48.6 Å². The Morgan fingerprint density at radius 3 is 1.93 bits per heavy atom. The van der Waals surface area contributed by atoms with Gasteiger partial charge in [-0.05, 0) is 50.4 Å².